The van der Waals surface area contributed by atoms with E-state index in [2.05, 4.69) is 5.32 Å². The summed E-state index contributed by atoms with van der Waals surface area (Å²) in [5.41, 5.74) is 1.32. The molecule has 4 nitrogen and oxygen atoms in total. The van der Waals surface area contributed by atoms with Crippen LogP contribution in [0.1, 0.15) is 15.9 Å². The van der Waals surface area contributed by atoms with Gasteiger partial charge in [-0.15, -0.1) is 0 Å². The van der Waals surface area contributed by atoms with Crippen LogP contribution in [-0.2, 0) is 4.79 Å². The fraction of sp³-hybridized carbons (Fsp3) is 0.333. The van der Waals surface area contributed by atoms with Crippen LogP contribution in [0.3, 0.4) is 0 Å². The number of carbonyl (C=O) groups is 2. The fourth-order valence-electron chi connectivity index (χ4n) is 1.34. The van der Waals surface area contributed by atoms with Crippen molar-refractivity contribution >= 4 is 11.8 Å². The van der Waals surface area contributed by atoms with Gasteiger partial charge in [0.1, 0.15) is 0 Å². The zero-order chi connectivity index (χ0) is 14.5. The smallest absolute Gasteiger partial charge is 0.350 e. The number of hydrogen-bond acceptors (Lipinski definition) is 2. The lowest BCUT2D eigenvalue weighted by molar-refractivity contribution is -0.173. The molecule has 0 spiro atoms. The highest BCUT2D eigenvalue weighted by atomic mass is 19.4. The van der Waals surface area contributed by atoms with Gasteiger partial charge in [0.2, 0.25) is 0 Å². The van der Waals surface area contributed by atoms with Gasteiger partial charge >= 0.3 is 12.1 Å². The van der Waals surface area contributed by atoms with Crippen molar-refractivity contribution in [2.45, 2.75) is 13.1 Å². The minimum atomic E-state index is -4.90. The number of amides is 2. The second-order valence-electron chi connectivity index (χ2n) is 3.88. The molecule has 1 aromatic carbocycles. The first-order valence-electron chi connectivity index (χ1n) is 5.50. The minimum Gasteiger partial charge on any atom is -0.350 e. The third-order valence-electron chi connectivity index (χ3n) is 2.23. The van der Waals surface area contributed by atoms with E-state index in [1.54, 1.807) is 23.5 Å². The van der Waals surface area contributed by atoms with Crippen LogP contribution in [0.2, 0.25) is 0 Å². The zero-order valence-corrected chi connectivity index (χ0v) is 10.2. The highest BCUT2D eigenvalue weighted by Gasteiger charge is 2.38. The standard InChI is InChI=1S/C12H13F3N2O2/c1-8-3-2-4-9(7-8)10(18)16-5-6-17-11(19)12(13,14)15/h2-4,7H,5-6H2,1H3,(H,16,18)(H,17,19). The van der Waals surface area contributed by atoms with E-state index in [1.165, 1.54) is 0 Å². The van der Waals surface area contributed by atoms with Crippen molar-refractivity contribution in [2.75, 3.05) is 13.1 Å². The van der Waals surface area contributed by atoms with E-state index in [1.807, 2.05) is 13.0 Å². The molecule has 0 aliphatic carbocycles. The second-order valence-corrected chi connectivity index (χ2v) is 3.88. The van der Waals surface area contributed by atoms with Gasteiger partial charge in [0, 0.05) is 18.7 Å². The second kappa shape index (κ2) is 6.21. The topological polar surface area (TPSA) is 58.2 Å². The number of alkyl halides is 3. The summed E-state index contributed by atoms with van der Waals surface area (Å²) in [5.74, 6) is -2.41. The Kier molecular flexibility index (Phi) is 4.91. The van der Waals surface area contributed by atoms with Crippen LogP contribution in [-0.4, -0.2) is 31.1 Å². The van der Waals surface area contributed by atoms with Crippen molar-refractivity contribution in [1.29, 1.82) is 0 Å². The third-order valence-corrected chi connectivity index (χ3v) is 2.23. The Morgan fingerprint density at radius 2 is 1.79 bits per heavy atom. The molecule has 0 saturated heterocycles. The zero-order valence-electron chi connectivity index (χ0n) is 10.2. The maximum atomic E-state index is 11.8. The van der Waals surface area contributed by atoms with Gasteiger partial charge in [-0.25, -0.2) is 0 Å². The maximum Gasteiger partial charge on any atom is 0.471 e. The van der Waals surface area contributed by atoms with E-state index < -0.39 is 18.0 Å². The van der Waals surface area contributed by atoms with Gasteiger partial charge in [0.25, 0.3) is 5.91 Å². The third kappa shape index (κ3) is 4.99. The number of aryl methyl sites for hydroxylation is 1. The Morgan fingerprint density at radius 1 is 1.16 bits per heavy atom. The van der Waals surface area contributed by atoms with Crippen LogP contribution in [0, 0.1) is 6.92 Å². The lowest BCUT2D eigenvalue weighted by atomic mass is 10.1. The van der Waals surface area contributed by atoms with E-state index in [-0.39, 0.29) is 13.1 Å². The molecule has 0 heterocycles. The van der Waals surface area contributed by atoms with Crippen molar-refractivity contribution in [3.05, 3.63) is 35.4 Å². The van der Waals surface area contributed by atoms with E-state index in [0.717, 1.165) is 5.56 Å². The Labute approximate surface area is 108 Å². The fourth-order valence-corrected chi connectivity index (χ4v) is 1.34. The Bertz CT molecular complexity index is 472. The molecule has 0 bridgehead atoms. The quantitative estimate of drug-likeness (QED) is 0.815. The summed E-state index contributed by atoms with van der Waals surface area (Å²) in [6, 6.07) is 6.77. The maximum absolute atomic E-state index is 11.8. The highest BCUT2D eigenvalue weighted by Crippen LogP contribution is 2.13. The molecule has 0 aliphatic heterocycles. The Morgan fingerprint density at radius 3 is 2.37 bits per heavy atom. The van der Waals surface area contributed by atoms with Crippen molar-refractivity contribution in [3.8, 4) is 0 Å². The predicted octanol–water partition coefficient (Wildman–Crippen LogP) is 1.40. The van der Waals surface area contributed by atoms with Gasteiger partial charge in [-0.3, -0.25) is 9.59 Å². The Balaban J connectivity index is 2.34. The molecule has 0 atom stereocenters. The Hall–Kier alpha value is -2.05. The molecular weight excluding hydrogens is 261 g/mol. The number of hydrogen-bond donors (Lipinski definition) is 2. The summed E-state index contributed by atoms with van der Waals surface area (Å²) in [6.07, 6.45) is -4.90. The first kappa shape index (κ1) is 15.0. The highest BCUT2D eigenvalue weighted by molar-refractivity contribution is 5.94. The van der Waals surface area contributed by atoms with Crippen molar-refractivity contribution < 1.29 is 22.8 Å². The molecule has 2 amide bonds. The van der Waals surface area contributed by atoms with Crippen LogP contribution in [0.5, 0.6) is 0 Å². The van der Waals surface area contributed by atoms with E-state index in [4.69, 9.17) is 0 Å². The summed E-state index contributed by atoms with van der Waals surface area (Å²) in [6.45, 7) is 1.46. The van der Waals surface area contributed by atoms with Crippen LogP contribution >= 0.6 is 0 Å². The molecule has 19 heavy (non-hydrogen) atoms. The summed E-state index contributed by atoms with van der Waals surface area (Å²) in [4.78, 5) is 22.1. The van der Waals surface area contributed by atoms with Crippen LogP contribution in [0.4, 0.5) is 13.2 Å². The largest absolute Gasteiger partial charge is 0.471 e. The average molecular weight is 274 g/mol. The van der Waals surface area contributed by atoms with Gasteiger partial charge in [-0.2, -0.15) is 13.2 Å². The predicted molar refractivity (Wildman–Crippen MR) is 62.6 cm³/mol. The number of nitrogens with one attached hydrogen (secondary N) is 2. The normalized spacial score (nSPS) is 10.9. The monoisotopic (exact) mass is 274 g/mol. The van der Waals surface area contributed by atoms with E-state index in [9.17, 15) is 22.8 Å². The SMILES string of the molecule is Cc1cccc(C(=O)NCCNC(=O)C(F)(F)F)c1. The summed E-state index contributed by atoms with van der Waals surface area (Å²) < 4.78 is 35.5. The van der Waals surface area contributed by atoms with Gasteiger partial charge < -0.3 is 10.6 Å². The number of benzene rings is 1. The molecule has 0 fully saturated rings. The number of rotatable bonds is 4. The van der Waals surface area contributed by atoms with E-state index in [0.29, 0.717) is 5.56 Å². The van der Waals surface area contributed by atoms with Crippen molar-refractivity contribution in [2.24, 2.45) is 0 Å². The lowest BCUT2D eigenvalue weighted by Gasteiger charge is -2.09. The molecule has 1 aromatic rings. The average Bonchev–Trinajstić information content (AvgIpc) is 2.32. The van der Waals surface area contributed by atoms with Crippen LogP contribution in [0.15, 0.2) is 24.3 Å². The van der Waals surface area contributed by atoms with Gasteiger partial charge in [-0.1, -0.05) is 17.7 Å². The molecule has 104 valence electrons. The van der Waals surface area contributed by atoms with E-state index >= 15 is 0 Å². The summed E-state index contributed by atoms with van der Waals surface area (Å²) in [7, 11) is 0. The molecule has 0 aliphatic rings. The summed E-state index contributed by atoms with van der Waals surface area (Å²) >= 11 is 0. The molecule has 0 unspecified atom stereocenters. The molecule has 2 N–H and O–H groups in total. The van der Waals surface area contributed by atoms with Gasteiger partial charge in [0.05, 0.1) is 0 Å². The molecule has 0 aromatic heterocycles. The lowest BCUT2D eigenvalue weighted by Crippen LogP contribution is -2.41. The van der Waals surface area contributed by atoms with Crippen molar-refractivity contribution in [3.63, 3.8) is 0 Å². The molecule has 1 rings (SSSR count). The number of halogens is 3. The first-order valence-corrected chi connectivity index (χ1v) is 5.50. The van der Waals surface area contributed by atoms with Crippen LogP contribution in [0.25, 0.3) is 0 Å². The van der Waals surface area contributed by atoms with Crippen molar-refractivity contribution in [1.82, 2.24) is 10.6 Å². The molecule has 0 saturated carbocycles. The van der Waals surface area contributed by atoms with Crippen LogP contribution < -0.4 is 10.6 Å². The van der Waals surface area contributed by atoms with Gasteiger partial charge in [0.15, 0.2) is 0 Å². The first-order chi connectivity index (χ1) is 8.80. The minimum absolute atomic E-state index is 0.0748. The molecule has 0 radical (unpaired) electrons. The number of carbonyl (C=O) groups excluding carboxylic acids is 2. The van der Waals surface area contributed by atoms with Gasteiger partial charge in [-0.05, 0) is 19.1 Å². The molecular formula is C12H13F3N2O2. The molecule has 7 heteroatoms. The summed E-state index contributed by atoms with van der Waals surface area (Å²) in [5, 5.41) is 4.07.